The minimum absolute atomic E-state index is 0.0215. The van der Waals surface area contributed by atoms with Crippen LogP contribution in [-0.4, -0.2) is 63.8 Å². The molecule has 6 nitrogen and oxygen atoms in total. The number of hydrogen-bond acceptors (Lipinski definition) is 3. The molecule has 0 saturated carbocycles. The summed E-state index contributed by atoms with van der Waals surface area (Å²) in [6.45, 7) is 5.31. The zero-order chi connectivity index (χ0) is 14.2. The van der Waals surface area contributed by atoms with Crippen LogP contribution in [0.5, 0.6) is 0 Å². The maximum Gasteiger partial charge on any atom is 0.320 e. The lowest BCUT2D eigenvalue weighted by molar-refractivity contribution is -0.142. The van der Waals surface area contributed by atoms with Gasteiger partial charge in [-0.05, 0) is 25.7 Å². The number of likely N-dealkylation sites (tertiary alicyclic amines) is 2. The van der Waals surface area contributed by atoms with Crippen molar-refractivity contribution in [3.63, 3.8) is 0 Å². The number of carboxylic acid groups (broad SMARTS) is 1. The van der Waals surface area contributed by atoms with Crippen molar-refractivity contribution in [2.45, 2.75) is 32.3 Å². The van der Waals surface area contributed by atoms with Gasteiger partial charge in [-0.15, -0.1) is 0 Å². The van der Waals surface area contributed by atoms with Gasteiger partial charge in [-0.3, -0.25) is 4.79 Å². The number of urea groups is 1. The van der Waals surface area contributed by atoms with Crippen LogP contribution in [0.1, 0.15) is 26.7 Å². The first-order valence-corrected chi connectivity index (χ1v) is 6.79. The van der Waals surface area contributed by atoms with E-state index in [1.165, 1.54) is 0 Å². The summed E-state index contributed by atoms with van der Waals surface area (Å²) in [7, 11) is 0. The molecule has 2 heterocycles. The van der Waals surface area contributed by atoms with E-state index in [2.05, 4.69) is 0 Å². The predicted molar refractivity (Wildman–Crippen MR) is 68.7 cm³/mol. The number of aliphatic hydroxyl groups is 1. The van der Waals surface area contributed by atoms with E-state index in [0.29, 0.717) is 26.1 Å². The summed E-state index contributed by atoms with van der Waals surface area (Å²) < 4.78 is 0. The van der Waals surface area contributed by atoms with Crippen molar-refractivity contribution in [3.05, 3.63) is 0 Å². The highest BCUT2D eigenvalue weighted by Crippen LogP contribution is 2.26. The van der Waals surface area contributed by atoms with Gasteiger partial charge in [0.2, 0.25) is 0 Å². The minimum atomic E-state index is -0.839. The van der Waals surface area contributed by atoms with Crippen molar-refractivity contribution < 1.29 is 19.8 Å². The smallest absolute Gasteiger partial charge is 0.320 e. The molecule has 6 heteroatoms. The van der Waals surface area contributed by atoms with Crippen molar-refractivity contribution in [1.29, 1.82) is 0 Å². The molecule has 2 saturated heterocycles. The van der Waals surface area contributed by atoms with Crippen LogP contribution >= 0.6 is 0 Å². The van der Waals surface area contributed by atoms with Gasteiger partial charge in [-0.1, -0.05) is 6.92 Å². The van der Waals surface area contributed by atoms with Crippen LogP contribution < -0.4 is 0 Å². The van der Waals surface area contributed by atoms with E-state index in [9.17, 15) is 14.7 Å². The molecule has 2 N–H and O–H groups in total. The Bertz CT molecular complexity index is 383. The molecule has 2 amide bonds. The van der Waals surface area contributed by atoms with Crippen LogP contribution in [-0.2, 0) is 4.79 Å². The fourth-order valence-electron chi connectivity index (χ4n) is 3.03. The van der Waals surface area contributed by atoms with E-state index >= 15 is 0 Å². The highest BCUT2D eigenvalue weighted by Gasteiger charge is 2.40. The number of piperidine rings is 1. The van der Waals surface area contributed by atoms with Crippen molar-refractivity contribution in [2.24, 2.45) is 11.8 Å². The van der Waals surface area contributed by atoms with Crippen LogP contribution in [0.25, 0.3) is 0 Å². The average Bonchev–Trinajstić information content (AvgIpc) is 2.69. The second-order valence-corrected chi connectivity index (χ2v) is 6.13. The number of amides is 2. The maximum atomic E-state index is 12.3. The average molecular weight is 270 g/mol. The SMILES string of the molecule is C[C@@H]1CN(C(=O)N2CCCC(C)(O)C2)C[C@H]1C(=O)O. The summed E-state index contributed by atoms with van der Waals surface area (Å²) in [4.78, 5) is 26.7. The van der Waals surface area contributed by atoms with Gasteiger partial charge in [-0.2, -0.15) is 0 Å². The van der Waals surface area contributed by atoms with Gasteiger partial charge in [-0.25, -0.2) is 4.79 Å². The zero-order valence-electron chi connectivity index (χ0n) is 11.5. The standard InChI is InChI=1S/C13H22N2O4/c1-9-6-15(7-10(9)11(16)17)12(18)14-5-3-4-13(2,19)8-14/h9-10,19H,3-8H2,1-2H3,(H,16,17)/t9-,10-,13?/m1/s1. The molecule has 0 bridgehead atoms. The summed E-state index contributed by atoms with van der Waals surface area (Å²) in [6.07, 6.45) is 1.48. The van der Waals surface area contributed by atoms with E-state index in [1.807, 2.05) is 6.92 Å². The number of carbonyl (C=O) groups excluding carboxylic acids is 1. The lowest BCUT2D eigenvalue weighted by Gasteiger charge is -2.38. The molecule has 19 heavy (non-hydrogen) atoms. The number of hydrogen-bond donors (Lipinski definition) is 2. The van der Waals surface area contributed by atoms with E-state index in [1.54, 1.807) is 16.7 Å². The van der Waals surface area contributed by atoms with Gasteiger partial charge >= 0.3 is 12.0 Å². The fraction of sp³-hybridized carbons (Fsp3) is 0.846. The zero-order valence-corrected chi connectivity index (χ0v) is 11.5. The Labute approximate surface area is 113 Å². The second kappa shape index (κ2) is 5.00. The molecule has 3 atom stereocenters. The first-order valence-electron chi connectivity index (χ1n) is 6.79. The number of aliphatic carboxylic acids is 1. The molecule has 2 aliphatic heterocycles. The third kappa shape index (κ3) is 3.00. The van der Waals surface area contributed by atoms with E-state index < -0.39 is 17.5 Å². The van der Waals surface area contributed by atoms with Gasteiger partial charge in [0.15, 0.2) is 0 Å². The van der Waals surface area contributed by atoms with Gasteiger partial charge in [0, 0.05) is 19.6 Å². The lowest BCUT2D eigenvalue weighted by atomic mass is 9.95. The first kappa shape index (κ1) is 14.1. The van der Waals surface area contributed by atoms with Crippen LogP contribution in [0.4, 0.5) is 4.79 Å². The van der Waals surface area contributed by atoms with Crippen molar-refractivity contribution in [1.82, 2.24) is 9.80 Å². The summed E-state index contributed by atoms with van der Waals surface area (Å²) in [6, 6.07) is -0.143. The topological polar surface area (TPSA) is 81.1 Å². The molecule has 0 aromatic heterocycles. The van der Waals surface area contributed by atoms with Crippen molar-refractivity contribution in [2.75, 3.05) is 26.2 Å². The van der Waals surface area contributed by atoms with E-state index in [-0.39, 0.29) is 18.5 Å². The van der Waals surface area contributed by atoms with Crippen LogP contribution in [0.3, 0.4) is 0 Å². The third-order valence-electron chi connectivity index (χ3n) is 4.15. The first-order chi connectivity index (χ1) is 8.80. The molecular formula is C13H22N2O4. The van der Waals surface area contributed by atoms with Gasteiger partial charge in [0.05, 0.1) is 18.1 Å². The summed E-state index contributed by atoms with van der Waals surface area (Å²) in [5.41, 5.74) is -0.828. The monoisotopic (exact) mass is 270 g/mol. The molecule has 0 aromatic carbocycles. The normalized spacial score (nSPS) is 35.5. The van der Waals surface area contributed by atoms with Crippen LogP contribution in [0.15, 0.2) is 0 Å². The summed E-state index contributed by atoms with van der Waals surface area (Å²) in [5, 5.41) is 19.1. The van der Waals surface area contributed by atoms with Gasteiger partial charge in [0.1, 0.15) is 0 Å². The number of carbonyl (C=O) groups is 2. The molecule has 2 fully saturated rings. The quantitative estimate of drug-likeness (QED) is 0.731. The number of carboxylic acids is 1. The van der Waals surface area contributed by atoms with Gasteiger partial charge < -0.3 is 20.0 Å². The lowest BCUT2D eigenvalue weighted by Crippen LogP contribution is -2.52. The Balaban J connectivity index is 1.99. The van der Waals surface area contributed by atoms with Gasteiger partial charge in [0.25, 0.3) is 0 Å². The molecular weight excluding hydrogens is 248 g/mol. The second-order valence-electron chi connectivity index (χ2n) is 6.13. The van der Waals surface area contributed by atoms with Crippen molar-refractivity contribution in [3.8, 4) is 0 Å². The Hall–Kier alpha value is -1.30. The minimum Gasteiger partial charge on any atom is -0.481 e. The van der Waals surface area contributed by atoms with Crippen molar-refractivity contribution >= 4 is 12.0 Å². The molecule has 1 unspecified atom stereocenters. The maximum absolute atomic E-state index is 12.3. The number of rotatable bonds is 1. The molecule has 2 rings (SSSR count). The molecule has 0 radical (unpaired) electrons. The molecule has 108 valence electrons. The van der Waals surface area contributed by atoms with E-state index in [0.717, 1.165) is 6.42 Å². The highest BCUT2D eigenvalue weighted by molar-refractivity contribution is 5.78. The summed E-state index contributed by atoms with van der Waals surface area (Å²) >= 11 is 0. The Kier molecular flexibility index (Phi) is 3.71. The van der Waals surface area contributed by atoms with Crippen LogP contribution in [0, 0.1) is 11.8 Å². The van der Waals surface area contributed by atoms with E-state index in [4.69, 9.17) is 5.11 Å². The number of β-amino-alcohol motifs (C(OH)–C–C–N with tert-alkyl or cyclic N) is 1. The highest BCUT2D eigenvalue weighted by atomic mass is 16.4. The molecule has 0 aromatic rings. The summed E-state index contributed by atoms with van der Waals surface area (Å²) in [5.74, 6) is -1.34. The van der Waals surface area contributed by atoms with Crippen LogP contribution in [0.2, 0.25) is 0 Å². The fourth-order valence-corrected chi connectivity index (χ4v) is 3.03. The Morgan fingerprint density at radius 1 is 1.26 bits per heavy atom. The molecule has 0 spiro atoms. The largest absolute Gasteiger partial charge is 0.481 e. The number of nitrogens with zero attached hydrogens (tertiary/aromatic N) is 2. The third-order valence-corrected chi connectivity index (χ3v) is 4.15. The molecule has 0 aliphatic carbocycles. The Morgan fingerprint density at radius 2 is 1.95 bits per heavy atom. The molecule has 2 aliphatic rings. The Morgan fingerprint density at radius 3 is 2.47 bits per heavy atom. The predicted octanol–water partition coefficient (Wildman–Crippen LogP) is 0.606.